The van der Waals surface area contributed by atoms with E-state index in [0.29, 0.717) is 27.2 Å². The first-order chi connectivity index (χ1) is 14.1. The number of rotatable bonds is 7. The number of nitrogen functional groups attached to an aromatic ring is 1. The molecule has 0 saturated heterocycles. The van der Waals surface area contributed by atoms with Crippen LogP contribution in [0.2, 0.25) is 0 Å². The third kappa shape index (κ3) is 4.24. The van der Waals surface area contributed by atoms with Crippen molar-refractivity contribution in [3.63, 3.8) is 0 Å². The predicted molar refractivity (Wildman–Crippen MR) is 121 cm³/mol. The third-order valence-corrected chi connectivity index (χ3v) is 6.20. The first kappa shape index (κ1) is 22.3. The van der Waals surface area contributed by atoms with Crippen LogP contribution < -0.4 is 15.2 Å². The number of halogens is 1. The van der Waals surface area contributed by atoms with Crippen LogP contribution >= 0.6 is 22.6 Å². The minimum atomic E-state index is -3.55. The number of ether oxygens (including phenoxy) is 2. The lowest BCUT2D eigenvalue weighted by Crippen LogP contribution is -2.37. The highest BCUT2D eigenvalue weighted by atomic mass is 127. The monoisotopic (exact) mass is 544 g/mol. The van der Waals surface area contributed by atoms with Crippen molar-refractivity contribution in [2.75, 3.05) is 31.5 Å². The quantitative estimate of drug-likeness (QED) is 0.324. The number of sulfone groups is 1. The number of nitrogens with two attached hydrogens (primary N) is 1. The molecular weight excluding hydrogens is 523 g/mol. The average Bonchev–Trinajstić information content (AvgIpc) is 2.90. The van der Waals surface area contributed by atoms with Crippen LogP contribution in [0.3, 0.4) is 0 Å². The van der Waals surface area contributed by atoms with Crippen molar-refractivity contribution >= 4 is 49.9 Å². The van der Waals surface area contributed by atoms with E-state index in [2.05, 4.69) is 0 Å². The SMILES string of the molecule is CCOc1cc(C(CS(C)(=O)=O)N2C(=O)c3cc(I)cc(N)c3C2=O)ccc1OC. The highest BCUT2D eigenvalue weighted by Crippen LogP contribution is 2.38. The van der Waals surface area contributed by atoms with Crippen LogP contribution in [0, 0.1) is 3.57 Å². The molecule has 0 radical (unpaired) electrons. The van der Waals surface area contributed by atoms with Gasteiger partial charge in [-0.15, -0.1) is 0 Å². The molecule has 0 aromatic heterocycles. The normalized spacial score (nSPS) is 14.6. The van der Waals surface area contributed by atoms with Gasteiger partial charge >= 0.3 is 0 Å². The summed E-state index contributed by atoms with van der Waals surface area (Å²) < 4.78 is 35.9. The number of benzene rings is 2. The van der Waals surface area contributed by atoms with Crippen LogP contribution in [0.4, 0.5) is 5.69 Å². The Bertz CT molecular complexity index is 1130. The largest absolute Gasteiger partial charge is 0.493 e. The van der Waals surface area contributed by atoms with Gasteiger partial charge in [0, 0.05) is 15.5 Å². The van der Waals surface area contributed by atoms with Gasteiger partial charge in [-0.2, -0.15) is 0 Å². The van der Waals surface area contributed by atoms with Crippen LogP contribution in [0.15, 0.2) is 30.3 Å². The van der Waals surface area contributed by atoms with E-state index in [1.165, 1.54) is 7.11 Å². The zero-order chi connectivity index (χ0) is 22.2. The van der Waals surface area contributed by atoms with Gasteiger partial charge in [-0.25, -0.2) is 8.42 Å². The highest BCUT2D eigenvalue weighted by Gasteiger charge is 2.43. The van der Waals surface area contributed by atoms with Crippen LogP contribution in [0.5, 0.6) is 11.5 Å². The second-order valence-electron chi connectivity index (χ2n) is 6.85. The Morgan fingerprint density at radius 1 is 1.13 bits per heavy atom. The molecule has 1 aliphatic heterocycles. The van der Waals surface area contributed by atoms with Gasteiger partial charge in [0.1, 0.15) is 9.84 Å². The summed E-state index contributed by atoms with van der Waals surface area (Å²) in [6.45, 7) is 2.16. The molecule has 2 N–H and O–H groups in total. The number of methoxy groups -OCH3 is 1. The van der Waals surface area contributed by atoms with Crippen molar-refractivity contribution in [3.8, 4) is 11.5 Å². The second kappa shape index (κ2) is 8.42. The van der Waals surface area contributed by atoms with Gasteiger partial charge in [-0.05, 0) is 59.3 Å². The van der Waals surface area contributed by atoms with Gasteiger partial charge in [0.05, 0.1) is 36.6 Å². The third-order valence-electron chi connectivity index (χ3n) is 4.66. The maximum Gasteiger partial charge on any atom is 0.264 e. The maximum atomic E-state index is 13.1. The molecule has 1 heterocycles. The molecule has 8 nitrogen and oxygen atoms in total. The fraction of sp³-hybridized carbons (Fsp3) is 0.300. The van der Waals surface area contributed by atoms with Crippen molar-refractivity contribution in [3.05, 3.63) is 50.6 Å². The van der Waals surface area contributed by atoms with Crippen LogP contribution in [0.1, 0.15) is 39.2 Å². The standard InChI is InChI=1S/C20H21IN2O6S/c1-4-29-17-7-11(5-6-16(17)28-2)15(10-30(3,26)27)23-19(24)13-8-12(21)9-14(22)18(13)20(23)25/h5-9,15H,4,10,22H2,1-3H3. The summed E-state index contributed by atoms with van der Waals surface area (Å²) in [6.07, 6.45) is 1.06. The van der Waals surface area contributed by atoms with Crippen molar-refractivity contribution < 1.29 is 27.5 Å². The number of anilines is 1. The highest BCUT2D eigenvalue weighted by molar-refractivity contribution is 14.1. The molecule has 2 aromatic rings. The molecule has 3 rings (SSSR count). The number of imide groups is 1. The Kier molecular flexibility index (Phi) is 6.27. The molecule has 0 bridgehead atoms. The maximum absolute atomic E-state index is 13.1. The van der Waals surface area contributed by atoms with Crippen LogP contribution in [0.25, 0.3) is 0 Å². The lowest BCUT2D eigenvalue weighted by Gasteiger charge is -2.26. The summed E-state index contributed by atoms with van der Waals surface area (Å²) in [6, 6.07) is 6.95. The number of amides is 2. The Labute approximate surface area is 188 Å². The molecule has 0 fully saturated rings. The van der Waals surface area contributed by atoms with E-state index in [9.17, 15) is 18.0 Å². The summed E-state index contributed by atoms with van der Waals surface area (Å²) in [4.78, 5) is 27.3. The summed E-state index contributed by atoms with van der Waals surface area (Å²) in [7, 11) is -2.07. The fourth-order valence-electron chi connectivity index (χ4n) is 3.44. The summed E-state index contributed by atoms with van der Waals surface area (Å²) in [5.41, 5.74) is 6.88. The zero-order valence-corrected chi connectivity index (χ0v) is 19.6. The molecule has 2 aromatic carbocycles. The first-order valence-electron chi connectivity index (χ1n) is 9.02. The molecule has 1 unspecified atom stereocenters. The van der Waals surface area contributed by atoms with Crippen LogP contribution in [-0.2, 0) is 9.84 Å². The van der Waals surface area contributed by atoms with E-state index in [0.717, 1.165) is 11.2 Å². The number of carbonyl (C=O) groups excluding carboxylic acids is 2. The second-order valence-corrected chi connectivity index (χ2v) is 10.3. The Morgan fingerprint density at radius 2 is 1.83 bits per heavy atom. The molecule has 0 spiro atoms. The van der Waals surface area contributed by atoms with Gasteiger partial charge < -0.3 is 15.2 Å². The molecule has 30 heavy (non-hydrogen) atoms. The summed E-state index contributed by atoms with van der Waals surface area (Å²) >= 11 is 2.01. The molecular formula is C20H21IN2O6S. The minimum Gasteiger partial charge on any atom is -0.493 e. The molecule has 1 aliphatic rings. The Morgan fingerprint density at radius 3 is 2.43 bits per heavy atom. The Hall–Kier alpha value is -2.34. The van der Waals surface area contributed by atoms with E-state index in [-0.39, 0.29) is 16.8 Å². The molecule has 0 aliphatic carbocycles. The van der Waals surface area contributed by atoms with Crippen molar-refractivity contribution in [1.29, 1.82) is 0 Å². The number of fused-ring (bicyclic) bond motifs is 1. The summed E-state index contributed by atoms with van der Waals surface area (Å²) in [5, 5.41) is 0. The fourth-order valence-corrected chi connectivity index (χ4v) is 5.00. The number of nitrogens with zero attached hydrogens (tertiary/aromatic N) is 1. The average molecular weight is 544 g/mol. The van der Waals surface area contributed by atoms with E-state index in [4.69, 9.17) is 15.2 Å². The number of carbonyl (C=O) groups is 2. The van der Waals surface area contributed by atoms with E-state index >= 15 is 0 Å². The van der Waals surface area contributed by atoms with Gasteiger partial charge in [-0.1, -0.05) is 6.07 Å². The first-order valence-corrected chi connectivity index (χ1v) is 12.2. The topological polar surface area (TPSA) is 116 Å². The minimum absolute atomic E-state index is 0.0949. The predicted octanol–water partition coefficient (Wildman–Crippen LogP) is 2.66. The number of hydrogen-bond donors (Lipinski definition) is 1. The van der Waals surface area contributed by atoms with E-state index < -0.39 is 33.4 Å². The molecule has 10 heteroatoms. The smallest absolute Gasteiger partial charge is 0.264 e. The Balaban J connectivity index is 2.14. The lowest BCUT2D eigenvalue weighted by molar-refractivity contribution is 0.0598. The molecule has 1 atom stereocenters. The lowest BCUT2D eigenvalue weighted by atomic mass is 10.1. The summed E-state index contributed by atoms with van der Waals surface area (Å²) in [5.74, 6) is -0.789. The van der Waals surface area contributed by atoms with Gasteiger partial charge in [-0.3, -0.25) is 14.5 Å². The van der Waals surface area contributed by atoms with Gasteiger partial charge in [0.15, 0.2) is 11.5 Å². The molecule has 0 saturated carbocycles. The number of hydrogen-bond acceptors (Lipinski definition) is 7. The van der Waals surface area contributed by atoms with Crippen LogP contribution in [-0.4, -0.2) is 50.9 Å². The zero-order valence-electron chi connectivity index (χ0n) is 16.6. The van der Waals surface area contributed by atoms with Crippen molar-refractivity contribution in [2.45, 2.75) is 13.0 Å². The van der Waals surface area contributed by atoms with Gasteiger partial charge in [0.25, 0.3) is 11.8 Å². The van der Waals surface area contributed by atoms with E-state index in [1.54, 1.807) is 37.3 Å². The van der Waals surface area contributed by atoms with Crippen molar-refractivity contribution in [1.82, 2.24) is 4.90 Å². The molecule has 160 valence electrons. The van der Waals surface area contributed by atoms with Crippen molar-refractivity contribution in [2.24, 2.45) is 0 Å². The molecule has 2 amide bonds. The van der Waals surface area contributed by atoms with E-state index in [1.807, 2.05) is 22.6 Å². The van der Waals surface area contributed by atoms with Gasteiger partial charge in [0.2, 0.25) is 0 Å².